The third-order valence-corrected chi connectivity index (χ3v) is 3.83. The highest BCUT2D eigenvalue weighted by Crippen LogP contribution is 2.28. The van der Waals surface area contributed by atoms with Crippen molar-refractivity contribution < 1.29 is 40.4 Å². The van der Waals surface area contributed by atoms with E-state index in [1.54, 1.807) is 0 Å². The maximum atomic E-state index is 12.3. The van der Waals surface area contributed by atoms with E-state index in [1.165, 1.54) is 0 Å². The second-order valence-electron chi connectivity index (χ2n) is 4.33. The summed E-state index contributed by atoms with van der Waals surface area (Å²) in [5.41, 5.74) is -5.55. The summed E-state index contributed by atoms with van der Waals surface area (Å²) in [7, 11) is -5.92. The van der Waals surface area contributed by atoms with Crippen molar-refractivity contribution >= 4 is 16.1 Å². The van der Waals surface area contributed by atoms with Crippen molar-refractivity contribution in [3.05, 3.63) is 22.9 Å². The lowest BCUT2D eigenvalue weighted by Crippen LogP contribution is -2.28. The summed E-state index contributed by atoms with van der Waals surface area (Å²) in [6.07, 6.45) is 0.342. The Morgan fingerprint density at radius 2 is 1.95 bits per heavy atom. The Morgan fingerprint density at radius 3 is 2.55 bits per heavy atom. The molecule has 0 spiro atoms. The Balaban J connectivity index is 2.49. The average Bonchev–Trinajstić information content (AvgIpc) is 2.60. The SMILES string of the molecule is O=C(O)c1cc(OS(=O)(=O)C(F)(F)F)nc2c1CCOCC2. The monoisotopic (exact) mass is 341 g/mol. The highest BCUT2D eigenvalue weighted by Gasteiger charge is 2.49. The molecule has 1 aliphatic rings. The first-order chi connectivity index (χ1) is 10.1. The van der Waals surface area contributed by atoms with Crippen LogP contribution in [0, 0.1) is 0 Å². The first kappa shape index (κ1) is 16.5. The van der Waals surface area contributed by atoms with E-state index in [9.17, 15) is 26.4 Å². The number of aromatic nitrogens is 1. The van der Waals surface area contributed by atoms with Gasteiger partial charge in [-0.1, -0.05) is 0 Å². The van der Waals surface area contributed by atoms with E-state index in [0.29, 0.717) is 11.6 Å². The molecule has 0 saturated carbocycles. The highest BCUT2D eigenvalue weighted by atomic mass is 32.2. The summed E-state index contributed by atoms with van der Waals surface area (Å²) >= 11 is 0. The smallest absolute Gasteiger partial charge is 0.478 e. The third kappa shape index (κ3) is 3.30. The maximum Gasteiger partial charge on any atom is 0.534 e. The van der Waals surface area contributed by atoms with Crippen molar-refractivity contribution in [1.82, 2.24) is 4.98 Å². The molecule has 0 bridgehead atoms. The Hall–Kier alpha value is -1.88. The molecule has 1 N–H and O–H groups in total. The zero-order valence-electron chi connectivity index (χ0n) is 10.9. The highest BCUT2D eigenvalue weighted by molar-refractivity contribution is 7.87. The van der Waals surface area contributed by atoms with Crippen LogP contribution >= 0.6 is 0 Å². The molecule has 0 unspecified atom stereocenters. The maximum absolute atomic E-state index is 12.3. The molecule has 0 fully saturated rings. The topological polar surface area (TPSA) is 103 Å². The van der Waals surface area contributed by atoms with Gasteiger partial charge in [-0.2, -0.15) is 21.6 Å². The normalized spacial score (nSPS) is 15.8. The van der Waals surface area contributed by atoms with Gasteiger partial charge in [0.2, 0.25) is 5.88 Å². The summed E-state index contributed by atoms with van der Waals surface area (Å²) in [6.45, 7) is 0.421. The molecule has 0 saturated heterocycles. The lowest BCUT2D eigenvalue weighted by molar-refractivity contribution is -0.0501. The molecule has 1 aromatic rings. The summed E-state index contributed by atoms with van der Waals surface area (Å²) in [5.74, 6) is -2.36. The standard InChI is InChI=1S/C11H10F3NO6S/c12-11(13,14)22(18,19)21-9-5-7(10(16)17)6-1-3-20-4-2-8(6)15-9/h5H,1-4H2,(H,16,17). The molecule has 0 radical (unpaired) electrons. The molecule has 1 aromatic heterocycles. The van der Waals surface area contributed by atoms with Gasteiger partial charge >= 0.3 is 21.6 Å². The van der Waals surface area contributed by atoms with Gasteiger partial charge in [-0.25, -0.2) is 9.78 Å². The van der Waals surface area contributed by atoms with Gasteiger partial charge in [-0.15, -0.1) is 0 Å². The van der Waals surface area contributed by atoms with E-state index in [0.717, 1.165) is 0 Å². The fourth-order valence-corrected chi connectivity index (χ4v) is 2.33. The van der Waals surface area contributed by atoms with Crippen molar-refractivity contribution in [2.45, 2.75) is 18.3 Å². The number of hydrogen-bond donors (Lipinski definition) is 1. The van der Waals surface area contributed by atoms with Crippen molar-refractivity contribution in [3.63, 3.8) is 0 Å². The molecule has 11 heteroatoms. The summed E-state index contributed by atoms with van der Waals surface area (Å²) < 4.78 is 67.9. The summed E-state index contributed by atoms with van der Waals surface area (Å²) in [6, 6.07) is 0.662. The zero-order chi connectivity index (χ0) is 16.5. The Morgan fingerprint density at radius 1 is 1.32 bits per heavy atom. The number of alkyl halides is 3. The largest absolute Gasteiger partial charge is 0.534 e. The van der Waals surface area contributed by atoms with E-state index in [-0.39, 0.29) is 37.3 Å². The number of carboxylic acid groups (broad SMARTS) is 1. The number of carboxylic acids is 1. The zero-order valence-corrected chi connectivity index (χ0v) is 11.7. The molecule has 22 heavy (non-hydrogen) atoms. The van der Waals surface area contributed by atoms with Gasteiger partial charge in [-0.3, -0.25) is 0 Å². The van der Waals surface area contributed by atoms with E-state index < -0.39 is 27.5 Å². The molecule has 0 amide bonds. The van der Waals surface area contributed by atoms with Gasteiger partial charge in [-0.05, 0) is 12.0 Å². The molecule has 1 aliphatic heterocycles. The fraction of sp³-hybridized carbons (Fsp3) is 0.455. The molecule has 0 atom stereocenters. The number of pyridine rings is 1. The van der Waals surface area contributed by atoms with Crippen LogP contribution < -0.4 is 4.18 Å². The van der Waals surface area contributed by atoms with E-state index in [2.05, 4.69) is 9.17 Å². The van der Waals surface area contributed by atoms with Crippen LogP contribution in [0.5, 0.6) is 5.88 Å². The number of carbonyl (C=O) groups is 1. The second kappa shape index (κ2) is 5.72. The average molecular weight is 341 g/mol. The molecular formula is C11H10F3NO6S. The summed E-state index contributed by atoms with van der Waals surface area (Å²) in [4.78, 5) is 14.9. The van der Waals surface area contributed by atoms with Gasteiger partial charge in [0.15, 0.2) is 0 Å². The fourth-order valence-electron chi connectivity index (χ4n) is 1.92. The van der Waals surface area contributed by atoms with Crippen LogP contribution in [0.25, 0.3) is 0 Å². The molecule has 0 aromatic carbocycles. The predicted molar refractivity (Wildman–Crippen MR) is 65.0 cm³/mol. The molecule has 7 nitrogen and oxygen atoms in total. The Labute approximate surface area is 122 Å². The van der Waals surface area contributed by atoms with Crippen molar-refractivity contribution in [2.24, 2.45) is 0 Å². The molecule has 0 aliphatic carbocycles. The van der Waals surface area contributed by atoms with Gasteiger partial charge in [0, 0.05) is 12.5 Å². The number of ether oxygens (including phenoxy) is 1. The van der Waals surface area contributed by atoms with E-state index >= 15 is 0 Å². The Bertz CT molecular complexity index is 701. The first-order valence-electron chi connectivity index (χ1n) is 5.96. The number of nitrogens with zero attached hydrogens (tertiary/aromatic N) is 1. The van der Waals surface area contributed by atoms with Gasteiger partial charge < -0.3 is 14.0 Å². The van der Waals surface area contributed by atoms with Gasteiger partial charge in [0.25, 0.3) is 0 Å². The van der Waals surface area contributed by atoms with E-state index in [1.807, 2.05) is 0 Å². The third-order valence-electron chi connectivity index (χ3n) is 2.88. The molecule has 2 heterocycles. The van der Waals surface area contributed by atoms with Crippen LogP contribution in [0.3, 0.4) is 0 Å². The predicted octanol–water partition coefficient (Wildman–Crippen LogP) is 1.12. The number of hydrogen-bond acceptors (Lipinski definition) is 6. The van der Waals surface area contributed by atoms with Crippen molar-refractivity contribution in [2.75, 3.05) is 13.2 Å². The minimum atomic E-state index is -5.92. The lowest BCUT2D eigenvalue weighted by atomic mass is 10.0. The minimum absolute atomic E-state index is 0.138. The van der Waals surface area contributed by atoms with Crippen molar-refractivity contribution in [3.8, 4) is 5.88 Å². The van der Waals surface area contributed by atoms with Crippen LogP contribution in [-0.4, -0.2) is 43.2 Å². The van der Waals surface area contributed by atoms with E-state index in [4.69, 9.17) is 9.84 Å². The first-order valence-corrected chi connectivity index (χ1v) is 7.37. The number of halogens is 3. The van der Waals surface area contributed by atoms with Crippen LogP contribution in [0.4, 0.5) is 13.2 Å². The minimum Gasteiger partial charge on any atom is -0.478 e. The van der Waals surface area contributed by atoms with Gasteiger partial charge in [0.05, 0.1) is 24.5 Å². The number of aromatic carboxylic acids is 1. The summed E-state index contributed by atoms with van der Waals surface area (Å²) in [5, 5.41) is 9.12. The van der Waals surface area contributed by atoms with Crippen molar-refractivity contribution in [1.29, 1.82) is 0 Å². The second-order valence-corrected chi connectivity index (χ2v) is 5.87. The lowest BCUT2D eigenvalue weighted by Gasteiger charge is -2.13. The molecule has 2 rings (SSSR count). The van der Waals surface area contributed by atoms with Crippen LogP contribution in [0.2, 0.25) is 0 Å². The number of fused-ring (bicyclic) bond motifs is 1. The molecule has 122 valence electrons. The number of rotatable bonds is 3. The van der Waals surface area contributed by atoms with Gasteiger partial charge in [0.1, 0.15) is 0 Å². The molecular weight excluding hydrogens is 331 g/mol. The Kier molecular flexibility index (Phi) is 4.29. The van der Waals surface area contributed by atoms with Crippen LogP contribution in [-0.2, 0) is 27.7 Å². The quantitative estimate of drug-likeness (QED) is 0.649. The van der Waals surface area contributed by atoms with Crippen LogP contribution in [0.15, 0.2) is 6.07 Å². The van der Waals surface area contributed by atoms with Crippen LogP contribution in [0.1, 0.15) is 21.6 Å².